The number of hydrogen-bond donors (Lipinski definition) is 6. The number of hydrogen-bond acceptors (Lipinski definition) is 10. The van der Waals surface area contributed by atoms with E-state index < -0.39 is 58.6 Å². The van der Waals surface area contributed by atoms with Crippen LogP contribution in [0.2, 0.25) is 0 Å². The summed E-state index contributed by atoms with van der Waals surface area (Å²) in [6, 6.07) is 1.44. The van der Waals surface area contributed by atoms with Gasteiger partial charge in [0.15, 0.2) is 6.30 Å². The standard InChI is InChI=1S/C16H23FN4O8/c1-2-3-4-5-11(17)21(28)15(26)12(23)10(8-22)29-16(15,27)20-7-9(6-18)13(24)19-14(20)25/h7,10-12,22-23,26-28H,2-5,8H2,1H3,(H,19,24,25)/t10-,11?,12-,15-,16-/m1/s1. The van der Waals surface area contributed by atoms with Crippen LogP contribution in [0.3, 0.4) is 0 Å². The molecule has 1 aromatic heterocycles. The highest BCUT2D eigenvalue weighted by atomic mass is 19.1. The number of halogens is 1. The zero-order valence-corrected chi connectivity index (χ0v) is 15.5. The van der Waals surface area contributed by atoms with Crippen molar-refractivity contribution in [3.8, 4) is 6.07 Å². The number of nitriles is 1. The lowest BCUT2D eigenvalue weighted by atomic mass is 10.00. The molecule has 1 saturated heterocycles. The number of alkyl halides is 1. The molecule has 0 saturated carbocycles. The number of aliphatic hydroxyl groups excluding tert-OH is 2. The highest BCUT2D eigenvalue weighted by molar-refractivity contribution is 5.22. The first kappa shape index (κ1) is 23.1. The van der Waals surface area contributed by atoms with Gasteiger partial charge in [0.1, 0.15) is 23.8 Å². The average molecular weight is 418 g/mol. The van der Waals surface area contributed by atoms with E-state index in [4.69, 9.17) is 10.00 Å². The Balaban J connectivity index is 2.60. The Hall–Kier alpha value is -2.18. The molecule has 1 fully saturated rings. The highest BCUT2D eigenvalue weighted by Gasteiger charge is 2.71. The molecule has 0 radical (unpaired) electrons. The zero-order chi connectivity index (χ0) is 22.0. The Morgan fingerprint density at radius 1 is 1.45 bits per heavy atom. The summed E-state index contributed by atoms with van der Waals surface area (Å²) >= 11 is 0. The first-order chi connectivity index (χ1) is 13.6. The van der Waals surface area contributed by atoms with Gasteiger partial charge >= 0.3 is 11.6 Å². The maximum atomic E-state index is 14.6. The van der Waals surface area contributed by atoms with E-state index in [2.05, 4.69) is 0 Å². The van der Waals surface area contributed by atoms with E-state index >= 15 is 0 Å². The van der Waals surface area contributed by atoms with E-state index in [9.17, 15) is 39.6 Å². The molecule has 12 nitrogen and oxygen atoms in total. The monoisotopic (exact) mass is 418 g/mol. The number of hydroxylamine groups is 2. The van der Waals surface area contributed by atoms with E-state index in [1.165, 1.54) is 6.07 Å². The number of aromatic nitrogens is 2. The van der Waals surface area contributed by atoms with E-state index in [0.717, 1.165) is 6.42 Å². The van der Waals surface area contributed by atoms with Gasteiger partial charge in [0.05, 0.1) is 6.61 Å². The molecular weight excluding hydrogens is 395 g/mol. The summed E-state index contributed by atoms with van der Waals surface area (Å²) in [4.78, 5) is 25.5. The maximum Gasteiger partial charge on any atom is 0.332 e. The summed E-state index contributed by atoms with van der Waals surface area (Å²) in [6.45, 7) is 0.863. The predicted molar refractivity (Wildman–Crippen MR) is 91.8 cm³/mol. The molecule has 0 aliphatic carbocycles. The molecule has 0 spiro atoms. The maximum absolute atomic E-state index is 14.6. The molecule has 0 aromatic carbocycles. The molecule has 162 valence electrons. The summed E-state index contributed by atoms with van der Waals surface area (Å²) in [5.41, 5.74) is -6.58. The van der Waals surface area contributed by atoms with Crippen LogP contribution in [0.5, 0.6) is 0 Å². The Morgan fingerprint density at radius 2 is 2.10 bits per heavy atom. The second-order valence-electron chi connectivity index (χ2n) is 6.68. The molecule has 0 bridgehead atoms. The van der Waals surface area contributed by atoms with Crippen molar-refractivity contribution < 1.29 is 34.8 Å². The number of aliphatic hydroxyl groups is 4. The Morgan fingerprint density at radius 3 is 2.66 bits per heavy atom. The van der Waals surface area contributed by atoms with Gasteiger partial charge in [-0.15, -0.1) is 5.06 Å². The van der Waals surface area contributed by atoms with Crippen molar-refractivity contribution in [2.24, 2.45) is 0 Å². The number of rotatable bonds is 8. The minimum atomic E-state index is -3.39. The summed E-state index contributed by atoms with van der Waals surface area (Å²) < 4.78 is 19.7. The SMILES string of the molecule is CCCCCC(F)N(O)[C@@]1(O)[C@H](O)[C@@H](CO)O[C@@]1(O)n1cc(C#N)c(=O)[nH]c1=O. The van der Waals surface area contributed by atoms with Crippen LogP contribution in [-0.2, 0) is 10.6 Å². The van der Waals surface area contributed by atoms with E-state index in [1.807, 2.05) is 6.92 Å². The number of nitrogens with zero attached hydrogens (tertiary/aromatic N) is 3. The van der Waals surface area contributed by atoms with Crippen LogP contribution in [0.1, 0.15) is 38.2 Å². The molecule has 1 aromatic rings. The Bertz CT molecular complexity index is 885. The Labute approximate surface area is 163 Å². The Kier molecular flexibility index (Phi) is 6.91. The van der Waals surface area contributed by atoms with Gasteiger partial charge in [0, 0.05) is 6.20 Å². The van der Waals surface area contributed by atoms with Crippen molar-refractivity contribution in [2.45, 2.75) is 62.7 Å². The summed E-state index contributed by atoms with van der Waals surface area (Å²) in [5, 5.41) is 60.5. The van der Waals surface area contributed by atoms with Crippen LogP contribution in [0.4, 0.5) is 4.39 Å². The second-order valence-corrected chi connectivity index (χ2v) is 6.68. The molecule has 13 heteroatoms. The number of H-pyrrole nitrogens is 1. The molecule has 1 unspecified atom stereocenters. The van der Waals surface area contributed by atoms with Crippen molar-refractivity contribution in [1.29, 1.82) is 5.26 Å². The van der Waals surface area contributed by atoms with E-state index in [1.54, 1.807) is 4.98 Å². The number of unbranched alkanes of at least 4 members (excludes halogenated alkanes) is 2. The lowest BCUT2D eigenvalue weighted by Crippen LogP contribution is -2.69. The van der Waals surface area contributed by atoms with Crippen molar-refractivity contribution in [3.05, 3.63) is 32.6 Å². The molecule has 1 aliphatic rings. The van der Waals surface area contributed by atoms with Gasteiger partial charge in [-0.25, -0.2) is 13.8 Å². The molecule has 5 atom stereocenters. The minimum absolute atomic E-state index is 0.119. The van der Waals surface area contributed by atoms with Gasteiger partial charge in [-0.1, -0.05) is 19.8 Å². The van der Waals surface area contributed by atoms with Crippen LogP contribution in [-0.4, -0.2) is 71.1 Å². The van der Waals surface area contributed by atoms with Crippen LogP contribution in [0.15, 0.2) is 15.8 Å². The third kappa shape index (κ3) is 3.71. The van der Waals surface area contributed by atoms with Gasteiger partial charge in [0.25, 0.3) is 5.56 Å². The van der Waals surface area contributed by atoms with Crippen LogP contribution < -0.4 is 11.2 Å². The fraction of sp³-hybridized carbons (Fsp3) is 0.688. The van der Waals surface area contributed by atoms with Crippen molar-refractivity contribution in [3.63, 3.8) is 0 Å². The topological polar surface area (TPSA) is 192 Å². The molecule has 1 aliphatic heterocycles. The van der Waals surface area contributed by atoms with Gasteiger partial charge in [0.2, 0.25) is 5.72 Å². The first-order valence-electron chi connectivity index (χ1n) is 8.88. The van der Waals surface area contributed by atoms with Gasteiger partial charge in [-0.05, 0) is 12.8 Å². The molecule has 2 rings (SSSR count). The van der Waals surface area contributed by atoms with Crippen molar-refractivity contribution in [2.75, 3.05) is 6.61 Å². The number of ether oxygens (including phenoxy) is 1. The summed E-state index contributed by atoms with van der Waals surface area (Å²) in [7, 11) is 0. The van der Waals surface area contributed by atoms with Gasteiger partial charge in [-0.2, -0.15) is 5.26 Å². The zero-order valence-electron chi connectivity index (χ0n) is 15.5. The lowest BCUT2D eigenvalue weighted by molar-refractivity contribution is -0.428. The number of nitrogens with one attached hydrogen (secondary N) is 1. The third-order valence-electron chi connectivity index (χ3n) is 4.79. The normalized spacial score (nSPS) is 30.4. The molecule has 6 N–H and O–H groups in total. The fourth-order valence-corrected chi connectivity index (χ4v) is 3.14. The van der Waals surface area contributed by atoms with Crippen LogP contribution in [0.25, 0.3) is 0 Å². The molecule has 0 amide bonds. The highest BCUT2D eigenvalue weighted by Crippen LogP contribution is 2.44. The van der Waals surface area contributed by atoms with E-state index in [-0.39, 0.29) is 11.0 Å². The summed E-state index contributed by atoms with van der Waals surface area (Å²) in [5.74, 6) is -3.38. The second kappa shape index (κ2) is 8.67. The van der Waals surface area contributed by atoms with Gasteiger partial charge < -0.3 is 30.4 Å². The third-order valence-corrected chi connectivity index (χ3v) is 4.79. The van der Waals surface area contributed by atoms with Gasteiger partial charge in [-0.3, -0.25) is 9.78 Å². The van der Waals surface area contributed by atoms with Crippen LogP contribution in [0, 0.1) is 11.3 Å². The predicted octanol–water partition coefficient (Wildman–Crippen LogP) is -1.98. The van der Waals surface area contributed by atoms with Crippen molar-refractivity contribution >= 4 is 0 Å². The van der Waals surface area contributed by atoms with Crippen molar-refractivity contribution in [1.82, 2.24) is 14.6 Å². The molecular formula is C16H23FN4O8. The smallest absolute Gasteiger partial charge is 0.332 e. The average Bonchev–Trinajstić information content (AvgIpc) is 2.89. The fourth-order valence-electron chi connectivity index (χ4n) is 3.14. The van der Waals surface area contributed by atoms with E-state index in [0.29, 0.717) is 19.0 Å². The number of aromatic amines is 1. The quantitative estimate of drug-likeness (QED) is 0.119. The minimum Gasteiger partial charge on any atom is -0.394 e. The molecule has 29 heavy (non-hydrogen) atoms. The summed E-state index contributed by atoms with van der Waals surface area (Å²) in [6.07, 6.45) is -4.53. The largest absolute Gasteiger partial charge is 0.394 e. The molecule has 2 heterocycles. The first-order valence-corrected chi connectivity index (χ1v) is 8.88. The lowest BCUT2D eigenvalue weighted by Gasteiger charge is -2.43. The van der Waals surface area contributed by atoms with Crippen LogP contribution >= 0.6 is 0 Å².